The van der Waals surface area contributed by atoms with Gasteiger partial charge in [0.2, 0.25) is 18.2 Å². The fraction of sp³-hybridized carbons (Fsp3) is 0.500. The molecule has 24 heavy (non-hydrogen) atoms. The summed E-state index contributed by atoms with van der Waals surface area (Å²) in [7, 11) is 1.76. The summed E-state index contributed by atoms with van der Waals surface area (Å²) in [5.41, 5.74) is 1.27. The van der Waals surface area contributed by atoms with E-state index in [0.29, 0.717) is 24.5 Å². The fourth-order valence-corrected chi connectivity index (χ4v) is 2.83. The number of anilines is 2. The van der Waals surface area contributed by atoms with Crippen LogP contribution in [0.5, 0.6) is 0 Å². The molecule has 0 aromatic heterocycles. The first-order valence-electron chi connectivity index (χ1n) is 8.35. The molecule has 1 aromatic rings. The molecule has 2 rings (SSSR count). The molecule has 1 aliphatic heterocycles. The first-order valence-corrected chi connectivity index (χ1v) is 8.35. The standard InChI is InChI=1S/C18H25N3O3/c1-4-5-10-19(3)17(23)12-21-16-9-7-6-8-15(16)20(13-22)11-14(2)18(21)24/h6-9,13-14H,4-5,10-12H2,1-3H3. The van der Waals surface area contributed by atoms with Crippen LogP contribution >= 0.6 is 0 Å². The minimum Gasteiger partial charge on any atom is -0.344 e. The van der Waals surface area contributed by atoms with Crippen LogP contribution in [0.2, 0.25) is 0 Å². The van der Waals surface area contributed by atoms with Crippen LogP contribution in [0.1, 0.15) is 26.7 Å². The molecule has 6 heteroatoms. The summed E-state index contributed by atoms with van der Waals surface area (Å²) in [6, 6.07) is 7.21. The number of carbonyl (C=O) groups excluding carboxylic acids is 3. The number of unbranched alkanes of at least 4 members (excludes halogenated alkanes) is 1. The number of nitrogens with zero attached hydrogens (tertiary/aromatic N) is 3. The number of amides is 3. The Morgan fingerprint density at radius 1 is 1.33 bits per heavy atom. The van der Waals surface area contributed by atoms with Crippen molar-refractivity contribution < 1.29 is 14.4 Å². The second-order valence-corrected chi connectivity index (χ2v) is 6.24. The normalized spacial score (nSPS) is 17.3. The topological polar surface area (TPSA) is 60.9 Å². The Kier molecular flexibility index (Phi) is 5.95. The average molecular weight is 331 g/mol. The Balaban J connectivity index is 2.30. The van der Waals surface area contributed by atoms with Crippen LogP contribution in [-0.4, -0.2) is 49.8 Å². The van der Waals surface area contributed by atoms with Gasteiger partial charge in [-0.25, -0.2) is 0 Å². The molecule has 1 aromatic carbocycles. The van der Waals surface area contributed by atoms with E-state index in [0.717, 1.165) is 19.3 Å². The van der Waals surface area contributed by atoms with Crippen LogP contribution in [-0.2, 0) is 14.4 Å². The van der Waals surface area contributed by atoms with Gasteiger partial charge in [0.1, 0.15) is 6.54 Å². The van der Waals surface area contributed by atoms with E-state index in [1.807, 2.05) is 12.1 Å². The Labute approximate surface area is 143 Å². The van der Waals surface area contributed by atoms with Crippen LogP contribution in [0.15, 0.2) is 24.3 Å². The summed E-state index contributed by atoms with van der Waals surface area (Å²) in [5.74, 6) is -0.598. The molecule has 1 aliphatic rings. The summed E-state index contributed by atoms with van der Waals surface area (Å²) < 4.78 is 0. The number of hydrogen-bond acceptors (Lipinski definition) is 3. The average Bonchev–Trinajstić information content (AvgIpc) is 2.69. The van der Waals surface area contributed by atoms with Crippen molar-refractivity contribution in [3.8, 4) is 0 Å². The van der Waals surface area contributed by atoms with E-state index in [4.69, 9.17) is 0 Å². The maximum absolute atomic E-state index is 12.8. The minimum absolute atomic E-state index is 0.00685. The van der Waals surface area contributed by atoms with Gasteiger partial charge in [0.25, 0.3) is 0 Å². The summed E-state index contributed by atoms with van der Waals surface area (Å²) in [6.45, 7) is 4.84. The highest BCUT2D eigenvalue weighted by atomic mass is 16.2. The Morgan fingerprint density at radius 2 is 2.00 bits per heavy atom. The molecule has 0 spiro atoms. The lowest BCUT2D eigenvalue weighted by atomic mass is 10.1. The number of para-hydroxylation sites is 2. The van der Waals surface area contributed by atoms with Crippen LogP contribution < -0.4 is 9.80 Å². The van der Waals surface area contributed by atoms with Crippen LogP contribution in [0.4, 0.5) is 11.4 Å². The Bertz CT molecular complexity index is 617. The number of rotatable bonds is 6. The molecule has 0 fully saturated rings. The van der Waals surface area contributed by atoms with Crippen LogP contribution in [0.3, 0.4) is 0 Å². The van der Waals surface area contributed by atoms with E-state index in [9.17, 15) is 14.4 Å². The van der Waals surface area contributed by atoms with Crippen molar-refractivity contribution in [2.75, 3.05) is 36.5 Å². The van der Waals surface area contributed by atoms with Crippen molar-refractivity contribution in [3.63, 3.8) is 0 Å². The zero-order valence-corrected chi connectivity index (χ0v) is 14.6. The highest BCUT2D eigenvalue weighted by molar-refractivity contribution is 6.05. The van der Waals surface area contributed by atoms with Crippen molar-refractivity contribution in [1.29, 1.82) is 0 Å². The monoisotopic (exact) mass is 331 g/mol. The SMILES string of the molecule is CCCCN(C)C(=O)CN1C(=O)C(C)CN(C=O)c2ccccc21. The van der Waals surface area contributed by atoms with Crippen molar-refractivity contribution >= 4 is 29.6 Å². The third kappa shape index (κ3) is 3.75. The Hall–Kier alpha value is -2.37. The van der Waals surface area contributed by atoms with E-state index in [1.54, 1.807) is 31.0 Å². The minimum atomic E-state index is -0.364. The van der Waals surface area contributed by atoms with Gasteiger partial charge in [-0.3, -0.25) is 14.4 Å². The van der Waals surface area contributed by atoms with E-state index in [1.165, 1.54) is 9.80 Å². The zero-order chi connectivity index (χ0) is 17.7. The molecular formula is C18H25N3O3. The van der Waals surface area contributed by atoms with Gasteiger partial charge in [-0.15, -0.1) is 0 Å². The van der Waals surface area contributed by atoms with E-state index < -0.39 is 0 Å². The van der Waals surface area contributed by atoms with Gasteiger partial charge in [-0.1, -0.05) is 32.4 Å². The third-order valence-electron chi connectivity index (χ3n) is 4.33. The number of carbonyl (C=O) groups is 3. The molecule has 1 heterocycles. The molecule has 3 amide bonds. The molecule has 0 N–H and O–H groups in total. The van der Waals surface area contributed by atoms with E-state index in [-0.39, 0.29) is 24.3 Å². The van der Waals surface area contributed by atoms with Gasteiger partial charge in [-0.2, -0.15) is 0 Å². The van der Waals surface area contributed by atoms with Gasteiger partial charge in [0, 0.05) is 20.1 Å². The molecule has 0 radical (unpaired) electrons. The molecule has 0 saturated heterocycles. The van der Waals surface area contributed by atoms with Gasteiger partial charge >= 0.3 is 0 Å². The maximum atomic E-state index is 12.8. The second-order valence-electron chi connectivity index (χ2n) is 6.24. The van der Waals surface area contributed by atoms with Crippen molar-refractivity contribution in [3.05, 3.63) is 24.3 Å². The molecule has 130 valence electrons. The van der Waals surface area contributed by atoms with Crippen molar-refractivity contribution in [2.24, 2.45) is 5.92 Å². The third-order valence-corrected chi connectivity index (χ3v) is 4.33. The molecule has 1 unspecified atom stereocenters. The Morgan fingerprint density at radius 3 is 2.62 bits per heavy atom. The lowest BCUT2D eigenvalue weighted by Crippen LogP contribution is -2.44. The number of likely N-dealkylation sites (N-methyl/N-ethyl adjacent to an activating group) is 1. The van der Waals surface area contributed by atoms with Gasteiger partial charge in [0.05, 0.1) is 17.3 Å². The number of fused-ring (bicyclic) bond motifs is 1. The van der Waals surface area contributed by atoms with E-state index >= 15 is 0 Å². The van der Waals surface area contributed by atoms with E-state index in [2.05, 4.69) is 6.92 Å². The highest BCUT2D eigenvalue weighted by Gasteiger charge is 2.32. The second kappa shape index (κ2) is 7.95. The fourth-order valence-electron chi connectivity index (χ4n) is 2.83. The highest BCUT2D eigenvalue weighted by Crippen LogP contribution is 2.33. The van der Waals surface area contributed by atoms with Gasteiger partial charge < -0.3 is 14.7 Å². The largest absolute Gasteiger partial charge is 0.344 e. The van der Waals surface area contributed by atoms with Crippen LogP contribution in [0.25, 0.3) is 0 Å². The quantitative estimate of drug-likeness (QED) is 0.748. The predicted molar refractivity (Wildman–Crippen MR) is 93.9 cm³/mol. The first-order chi connectivity index (χ1) is 11.5. The summed E-state index contributed by atoms with van der Waals surface area (Å²) >= 11 is 0. The van der Waals surface area contributed by atoms with Gasteiger partial charge in [-0.05, 0) is 18.6 Å². The van der Waals surface area contributed by atoms with Crippen molar-refractivity contribution in [1.82, 2.24) is 4.90 Å². The molecule has 0 aliphatic carbocycles. The smallest absolute Gasteiger partial charge is 0.242 e. The molecule has 1 atom stereocenters. The number of hydrogen-bond donors (Lipinski definition) is 0. The number of benzene rings is 1. The lowest BCUT2D eigenvalue weighted by molar-refractivity contribution is -0.131. The lowest BCUT2D eigenvalue weighted by Gasteiger charge is -2.26. The summed E-state index contributed by atoms with van der Waals surface area (Å²) in [5, 5.41) is 0. The van der Waals surface area contributed by atoms with Gasteiger partial charge in [0.15, 0.2) is 0 Å². The maximum Gasteiger partial charge on any atom is 0.242 e. The summed E-state index contributed by atoms with van der Waals surface area (Å²) in [4.78, 5) is 41.3. The first kappa shape index (κ1) is 18.0. The predicted octanol–water partition coefficient (Wildman–Crippen LogP) is 1.89. The zero-order valence-electron chi connectivity index (χ0n) is 14.6. The molecule has 6 nitrogen and oxygen atoms in total. The molecule has 0 saturated carbocycles. The summed E-state index contributed by atoms with van der Waals surface area (Å²) in [6.07, 6.45) is 2.68. The van der Waals surface area contributed by atoms with Crippen molar-refractivity contribution in [2.45, 2.75) is 26.7 Å². The van der Waals surface area contributed by atoms with Crippen LogP contribution in [0, 0.1) is 5.92 Å². The molecule has 0 bridgehead atoms. The molecular weight excluding hydrogens is 306 g/mol.